The van der Waals surface area contributed by atoms with Gasteiger partial charge in [0, 0.05) is 30.9 Å². The molecule has 1 aromatic rings. The van der Waals surface area contributed by atoms with Crippen LogP contribution >= 0.6 is 0 Å². The predicted molar refractivity (Wildman–Crippen MR) is 129 cm³/mol. The lowest BCUT2D eigenvalue weighted by Gasteiger charge is -2.35. The van der Waals surface area contributed by atoms with Crippen LogP contribution in [0.25, 0.3) is 5.57 Å². The molecule has 0 unspecified atom stereocenters. The van der Waals surface area contributed by atoms with Gasteiger partial charge in [0.05, 0.1) is 19.3 Å². The number of esters is 1. The van der Waals surface area contributed by atoms with Crippen LogP contribution in [-0.4, -0.2) is 42.3 Å². The van der Waals surface area contributed by atoms with E-state index in [9.17, 15) is 14.7 Å². The van der Waals surface area contributed by atoms with Gasteiger partial charge in [-0.3, -0.25) is 4.79 Å². The lowest BCUT2D eigenvalue weighted by Crippen LogP contribution is -2.47. The Labute approximate surface area is 206 Å². The molecule has 0 saturated heterocycles. The zero-order valence-corrected chi connectivity index (χ0v) is 20.8. The summed E-state index contributed by atoms with van der Waals surface area (Å²) in [5.41, 5.74) is 2.67. The van der Waals surface area contributed by atoms with Crippen LogP contribution in [-0.2, 0) is 20.7 Å². The number of hydrogen-bond donors (Lipinski definition) is 1. The molecular formula is C28H34O7. The van der Waals surface area contributed by atoms with Gasteiger partial charge in [-0.25, -0.2) is 4.79 Å². The number of ether oxygens (including phenoxy) is 4. The van der Waals surface area contributed by atoms with Crippen molar-refractivity contribution in [3.05, 3.63) is 34.6 Å². The van der Waals surface area contributed by atoms with Crippen LogP contribution < -0.4 is 14.2 Å². The molecule has 0 aromatic heterocycles. The summed E-state index contributed by atoms with van der Waals surface area (Å²) in [6.45, 7) is 3.87. The topological polar surface area (TPSA) is 91.3 Å². The van der Waals surface area contributed by atoms with E-state index in [1.54, 1.807) is 26.2 Å². The normalized spacial score (nSPS) is 23.6. The molecule has 2 aliphatic carbocycles. The minimum Gasteiger partial charge on any atom is -0.496 e. The van der Waals surface area contributed by atoms with Gasteiger partial charge >= 0.3 is 5.97 Å². The van der Waals surface area contributed by atoms with E-state index in [1.807, 2.05) is 6.92 Å². The van der Waals surface area contributed by atoms with Crippen molar-refractivity contribution in [2.45, 2.75) is 83.3 Å². The van der Waals surface area contributed by atoms with E-state index in [-0.39, 0.29) is 30.2 Å². The summed E-state index contributed by atoms with van der Waals surface area (Å²) in [6, 6.07) is 1.80. The highest BCUT2D eigenvalue weighted by molar-refractivity contribution is 5.97. The minimum atomic E-state index is -0.957. The molecule has 7 nitrogen and oxygen atoms in total. The summed E-state index contributed by atoms with van der Waals surface area (Å²) in [7, 11) is 1.62. The zero-order chi connectivity index (χ0) is 24.7. The van der Waals surface area contributed by atoms with Crippen LogP contribution in [0.2, 0.25) is 0 Å². The van der Waals surface area contributed by atoms with Crippen molar-refractivity contribution in [1.29, 1.82) is 0 Å². The van der Waals surface area contributed by atoms with Gasteiger partial charge in [0.2, 0.25) is 5.76 Å². The van der Waals surface area contributed by atoms with Gasteiger partial charge in [0.25, 0.3) is 0 Å². The second-order valence-corrected chi connectivity index (χ2v) is 10.2. The number of carbonyl (C=O) groups is 2. The fourth-order valence-corrected chi connectivity index (χ4v) is 6.02. The molecule has 35 heavy (non-hydrogen) atoms. The number of aliphatic hydroxyl groups is 1. The molecule has 1 N–H and O–H groups in total. The smallest absolute Gasteiger partial charge is 0.374 e. The van der Waals surface area contributed by atoms with Crippen molar-refractivity contribution in [1.82, 2.24) is 0 Å². The number of allylic oxidation sites excluding steroid dienone is 3. The first-order chi connectivity index (χ1) is 16.8. The molecule has 7 heteroatoms. The molecule has 0 spiro atoms. The average Bonchev–Trinajstić information content (AvgIpc) is 3.53. The maximum atomic E-state index is 12.6. The monoisotopic (exact) mass is 482 g/mol. The van der Waals surface area contributed by atoms with Gasteiger partial charge in [-0.2, -0.15) is 0 Å². The molecule has 188 valence electrons. The number of carbonyl (C=O) groups excluding carboxylic acids is 2. The summed E-state index contributed by atoms with van der Waals surface area (Å²) < 4.78 is 23.5. The number of benzene rings is 1. The Bertz CT molecular complexity index is 1090. The van der Waals surface area contributed by atoms with Crippen LogP contribution in [0.3, 0.4) is 0 Å². The van der Waals surface area contributed by atoms with Gasteiger partial charge in [0.1, 0.15) is 34.7 Å². The van der Waals surface area contributed by atoms with Crippen molar-refractivity contribution in [2.24, 2.45) is 5.92 Å². The second-order valence-electron chi connectivity index (χ2n) is 10.2. The Balaban J connectivity index is 1.58. The first-order valence-corrected chi connectivity index (χ1v) is 12.8. The van der Waals surface area contributed by atoms with E-state index in [0.717, 1.165) is 48.0 Å². The second kappa shape index (κ2) is 9.34. The number of hydrogen-bond acceptors (Lipinski definition) is 7. The quantitative estimate of drug-likeness (QED) is 0.610. The molecule has 1 aromatic carbocycles. The molecule has 2 heterocycles. The number of rotatable bonds is 5. The lowest BCUT2D eigenvalue weighted by atomic mass is 9.81. The average molecular weight is 483 g/mol. The maximum Gasteiger partial charge on any atom is 0.374 e. The highest BCUT2D eigenvalue weighted by Gasteiger charge is 2.47. The van der Waals surface area contributed by atoms with E-state index in [4.69, 9.17) is 18.9 Å². The van der Waals surface area contributed by atoms with Crippen LogP contribution in [0, 0.1) is 5.92 Å². The highest BCUT2D eigenvalue weighted by Crippen LogP contribution is 2.52. The van der Waals surface area contributed by atoms with Gasteiger partial charge in [-0.15, -0.1) is 0 Å². The molecule has 2 aliphatic heterocycles. The molecular weight excluding hydrogens is 448 g/mol. The Hall–Kier alpha value is -2.80. The molecule has 0 amide bonds. The van der Waals surface area contributed by atoms with Gasteiger partial charge in [-0.1, -0.05) is 18.4 Å². The SMILES string of the molecule is CCOC(=O)C1=CC(=C2CCC(=O)CC2)c2c(cc3c(c2OC)C[C@@H]([C@@](C)(O)C2CCCC2)O3)O1. The van der Waals surface area contributed by atoms with E-state index in [0.29, 0.717) is 49.4 Å². The highest BCUT2D eigenvalue weighted by atomic mass is 16.6. The van der Waals surface area contributed by atoms with Crippen LogP contribution in [0.15, 0.2) is 23.5 Å². The van der Waals surface area contributed by atoms with Gasteiger partial charge < -0.3 is 24.1 Å². The first kappa shape index (κ1) is 23.9. The van der Waals surface area contributed by atoms with Gasteiger partial charge in [0.15, 0.2) is 0 Å². The molecule has 2 saturated carbocycles. The summed E-state index contributed by atoms with van der Waals surface area (Å²) in [5, 5.41) is 11.5. The molecule has 2 atom stereocenters. The Morgan fingerprint density at radius 3 is 2.54 bits per heavy atom. The van der Waals surface area contributed by atoms with Crippen molar-refractivity contribution < 1.29 is 33.6 Å². The van der Waals surface area contributed by atoms with Crippen LogP contribution in [0.4, 0.5) is 0 Å². The number of ketones is 1. The largest absolute Gasteiger partial charge is 0.496 e. The Morgan fingerprint density at radius 2 is 1.89 bits per heavy atom. The number of methoxy groups -OCH3 is 1. The molecule has 4 aliphatic rings. The number of fused-ring (bicyclic) bond motifs is 2. The minimum absolute atomic E-state index is 0.105. The van der Waals surface area contributed by atoms with E-state index in [2.05, 4.69) is 0 Å². The third kappa shape index (κ3) is 4.24. The van der Waals surface area contributed by atoms with Crippen LogP contribution in [0.1, 0.15) is 76.3 Å². The summed E-state index contributed by atoms with van der Waals surface area (Å²) >= 11 is 0. The van der Waals surface area contributed by atoms with E-state index in [1.165, 1.54) is 0 Å². The molecule has 0 bridgehead atoms. The van der Waals surface area contributed by atoms with Crippen molar-refractivity contribution in [3.63, 3.8) is 0 Å². The molecule has 0 radical (unpaired) electrons. The predicted octanol–water partition coefficient (Wildman–Crippen LogP) is 4.68. The fraction of sp³-hybridized carbons (Fsp3) is 0.571. The third-order valence-corrected chi connectivity index (χ3v) is 8.04. The summed E-state index contributed by atoms with van der Waals surface area (Å²) in [4.78, 5) is 24.5. The standard InChI is InChI=1S/C28H34O7/c1-4-33-27(30)23-13-19(16-9-11-18(29)12-10-16)25-22(34-23)15-21-20(26(25)32-3)14-24(35-21)28(2,31)17-7-5-6-8-17/h13,15,17,24,31H,4-12,14H2,1-3H3/t24-,28-/m0/s1. The third-order valence-electron chi connectivity index (χ3n) is 8.04. The summed E-state index contributed by atoms with van der Waals surface area (Å²) in [5.74, 6) is 1.74. The van der Waals surface area contributed by atoms with E-state index < -0.39 is 11.6 Å². The fourth-order valence-electron chi connectivity index (χ4n) is 6.02. The Morgan fingerprint density at radius 1 is 1.17 bits per heavy atom. The molecule has 5 rings (SSSR count). The zero-order valence-electron chi connectivity index (χ0n) is 20.8. The number of Topliss-reactive ketones (excluding diaryl/α,β-unsaturated/α-hetero) is 1. The Kier molecular flexibility index (Phi) is 6.38. The maximum absolute atomic E-state index is 12.6. The first-order valence-electron chi connectivity index (χ1n) is 12.8. The van der Waals surface area contributed by atoms with Crippen molar-refractivity contribution in [2.75, 3.05) is 13.7 Å². The van der Waals surface area contributed by atoms with E-state index >= 15 is 0 Å². The summed E-state index contributed by atoms with van der Waals surface area (Å²) in [6.07, 6.45) is 8.38. The van der Waals surface area contributed by atoms with Crippen LogP contribution in [0.5, 0.6) is 17.2 Å². The van der Waals surface area contributed by atoms with Crippen molar-refractivity contribution >= 4 is 17.3 Å². The van der Waals surface area contributed by atoms with Crippen molar-refractivity contribution in [3.8, 4) is 17.2 Å². The lowest BCUT2D eigenvalue weighted by molar-refractivity contribution is -0.141. The molecule has 2 fully saturated rings. The van der Waals surface area contributed by atoms with Gasteiger partial charge in [-0.05, 0) is 57.1 Å².